The lowest BCUT2D eigenvalue weighted by Crippen LogP contribution is -2.39. The van der Waals surface area contributed by atoms with Crippen LogP contribution in [-0.2, 0) is 16.7 Å². The molecule has 0 amide bonds. The first-order chi connectivity index (χ1) is 15.9. The Kier molecular flexibility index (Phi) is 7.26. The Morgan fingerprint density at radius 3 is 2.70 bits per heavy atom. The Labute approximate surface area is 197 Å². The van der Waals surface area contributed by atoms with Crippen molar-refractivity contribution in [1.82, 2.24) is 30.2 Å². The summed E-state index contributed by atoms with van der Waals surface area (Å²) in [6, 6.07) is 0. The minimum absolute atomic E-state index is 0.354. The topological polar surface area (TPSA) is 82.3 Å². The smallest absolute Gasteiger partial charge is 0.254 e. The van der Waals surface area contributed by atoms with Crippen molar-refractivity contribution in [2.45, 2.75) is 71.3 Å². The summed E-state index contributed by atoms with van der Waals surface area (Å²) in [5, 5.41) is 7.74. The van der Waals surface area contributed by atoms with Crippen LogP contribution < -0.4 is 5.32 Å². The second kappa shape index (κ2) is 10.2. The molecule has 0 saturated heterocycles. The lowest BCUT2D eigenvalue weighted by Gasteiger charge is -2.36. The van der Waals surface area contributed by atoms with Gasteiger partial charge < -0.3 is 29.3 Å². The van der Waals surface area contributed by atoms with Gasteiger partial charge in [-0.2, -0.15) is 4.98 Å². The van der Waals surface area contributed by atoms with E-state index < -0.39 is 0 Å². The fourth-order valence-corrected chi connectivity index (χ4v) is 4.72. The van der Waals surface area contributed by atoms with Crippen molar-refractivity contribution < 1.29 is 9.26 Å². The van der Waals surface area contributed by atoms with Gasteiger partial charge in [-0.1, -0.05) is 25.1 Å². The van der Waals surface area contributed by atoms with Crippen LogP contribution in [0.25, 0.3) is 0 Å². The van der Waals surface area contributed by atoms with Gasteiger partial charge in [-0.15, -0.1) is 0 Å². The summed E-state index contributed by atoms with van der Waals surface area (Å²) in [4.78, 5) is 16.2. The van der Waals surface area contributed by atoms with Gasteiger partial charge >= 0.3 is 0 Å². The molecule has 0 aromatic carbocycles. The molecule has 9 heteroatoms. The van der Waals surface area contributed by atoms with Crippen LogP contribution in [-0.4, -0.2) is 70.8 Å². The van der Waals surface area contributed by atoms with Gasteiger partial charge in [-0.25, -0.2) is 0 Å². The maximum absolute atomic E-state index is 6.07. The molecule has 0 radical (unpaired) electrons. The van der Waals surface area contributed by atoms with Gasteiger partial charge in [0.25, 0.3) is 5.89 Å². The average Bonchev–Trinajstić information content (AvgIpc) is 3.50. The van der Waals surface area contributed by atoms with E-state index in [1.54, 1.807) is 0 Å². The first-order valence-corrected chi connectivity index (χ1v) is 12.3. The maximum Gasteiger partial charge on any atom is 0.254 e. The Bertz CT molecular complexity index is 908. The molecule has 4 heterocycles. The van der Waals surface area contributed by atoms with Gasteiger partial charge in [-0.05, 0) is 46.0 Å². The van der Waals surface area contributed by atoms with E-state index >= 15 is 0 Å². The highest BCUT2D eigenvalue weighted by Crippen LogP contribution is 2.34. The monoisotopic (exact) mass is 457 g/mol. The summed E-state index contributed by atoms with van der Waals surface area (Å²) in [7, 11) is 2.12. The Morgan fingerprint density at radius 2 is 1.94 bits per heavy atom. The number of unbranched alkanes of at least 4 members (excludes halogenated alkanes) is 2. The van der Waals surface area contributed by atoms with Crippen LogP contribution in [0.5, 0.6) is 0 Å². The summed E-state index contributed by atoms with van der Waals surface area (Å²) < 4.78 is 11.6. The molecule has 1 atom stereocenters. The van der Waals surface area contributed by atoms with Crippen molar-refractivity contribution in [3.8, 4) is 0 Å². The van der Waals surface area contributed by atoms with Gasteiger partial charge in [0.15, 0.2) is 5.82 Å². The molecule has 0 fully saturated rings. The van der Waals surface area contributed by atoms with E-state index in [-0.39, 0.29) is 5.54 Å². The van der Waals surface area contributed by atoms with Crippen LogP contribution in [0.2, 0.25) is 0 Å². The lowest BCUT2D eigenvalue weighted by atomic mass is 10.00. The zero-order chi connectivity index (χ0) is 23.4. The van der Waals surface area contributed by atoms with Crippen LogP contribution >= 0.6 is 0 Å². The van der Waals surface area contributed by atoms with Gasteiger partial charge in [0.2, 0.25) is 0 Å². The van der Waals surface area contributed by atoms with Crippen molar-refractivity contribution in [1.29, 1.82) is 0 Å². The molecule has 0 bridgehead atoms. The quantitative estimate of drug-likeness (QED) is 0.565. The molecule has 0 spiro atoms. The van der Waals surface area contributed by atoms with Gasteiger partial charge in [-0.3, -0.25) is 4.99 Å². The third kappa shape index (κ3) is 5.18. The summed E-state index contributed by atoms with van der Waals surface area (Å²) >= 11 is 0. The summed E-state index contributed by atoms with van der Waals surface area (Å²) in [6.45, 7) is 14.6. The number of hydrogen-bond donors (Lipinski definition) is 1. The van der Waals surface area contributed by atoms with Crippen LogP contribution in [0.3, 0.4) is 0 Å². The molecule has 33 heavy (non-hydrogen) atoms. The summed E-state index contributed by atoms with van der Waals surface area (Å²) in [5.41, 5.74) is 2.93. The third-order valence-corrected chi connectivity index (χ3v) is 6.74. The molecule has 0 saturated carbocycles. The van der Waals surface area contributed by atoms with E-state index in [9.17, 15) is 0 Å². The van der Waals surface area contributed by atoms with Crippen molar-refractivity contribution in [3.63, 3.8) is 0 Å². The van der Waals surface area contributed by atoms with E-state index in [1.165, 1.54) is 5.82 Å². The van der Waals surface area contributed by atoms with Crippen molar-refractivity contribution in [3.05, 3.63) is 35.5 Å². The highest BCUT2D eigenvalue weighted by molar-refractivity contribution is 5.84. The first-order valence-electron chi connectivity index (χ1n) is 12.3. The molecular formula is C24H39N7O2. The zero-order valence-corrected chi connectivity index (χ0v) is 20.7. The maximum atomic E-state index is 6.07. The number of hydrogen-bond acceptors (Lipinski definition) is 9. The minimum Gasteiger partial charge on any atom is -0.363 e. The fraction of sp³-hybridized carbons (Fsp3) is 0.708. The highest BCUT2D eigenvalue weighted by Gasteiger charge is 2.36. The van der Waals surface area contributed by atoms with Crippen LogP contribution in [0.15, 0.2) is 33.3 Å². The normalized spacial score (nSPS) is 23.6. The van der Waals surface area contributed by atoms with Gasteiger partial charge in [0.1, 0.15) is 24.8 Å². The Balaban J connectivity index is 1.32. The number of aromatic nitrogens is 2. The number of nitrogens with zero attached hydrogens (tertiary/aromatic N) is 6. The molecule has 182 valence electrons. The zero-order valence-electron chi connectivity index (χ0n) is 20.7. The predicted octanol–water partition coefficient (Wildman–Crippen LogP) is 3.39. The summed E-state index contributed by atoms with van der Waals surface area (Å²) in [5.74, 6) is 2.60. The Hall–Kier alpha value is -2.55. The highest BCUT2D eigenvalue weighted by atomic mass is 16.5. The van der Waals surface area contributed by atoms with E-state index in [0.29, 0.717) is 19.4 Å². The lowest BCUT2D eigenvalue weighted by molar-refractivity contribution is -0.0207. The molecule has 4 rings (SSSR count). The number of rotatable bonds is 9. The molecule has 3 aliphatic heterocycles. The van der Waals surface area contributed by atoms with Crippen LogP contribution in [0, 0.1) is 0 Å². The molecule has 1 aromatic rings. The van der Waals surface area contributed by atoms with Crippen molar-refractivity contribution in [2.75, 3.05) is 40.3 Å². The van der Waals surface area contributed by atoms with Crippen LogP contribution in [0.1, 0.15) is 71.0 Å². The average molecular weight is 458 g/mol. The van der Waals surface area contributed by atoms with Crippen LogP contribution in [0.4, 0.5) is 0 Å². The largest absolute Gasteiger partial charge is 0.363 e. The SMILES string of the molecule is C=C1C2=C(N(C)CN2)N(CCCC)COCN1CCCCc1noc(C2(C)CCC(C)=N2)n1. The Morgan fingerprint density at radius 1 is 1.15 bits per heavy atom. The predicted molar refractivity (Wildman–Crippen MR) is 128 cm³/mol. The standard InChI is InChI=1S/C24H39N7O2/c1-6-7-13-31-17-32-16-30(19(3)21-22(31)29(5)15-25-21)14-9-8-10-20-26-23(33-28-20)24(4)12-11-18(2)27-24/h25H,3,6-17H2,1-2,4-5H3. The molecule has 9 nitrogen and oxygen atoms in total. The summed E-state index contributed by atoms with van der Waals surface area (Å²) in [6.07, 6.45) is 7.01. The molecule has 1 unspecified atom stereocenters. The molecule has 1 N–H and O–H groups in total. The van der Waals surface area contributed by atoms with E-state index in [1.807, 2.05) is 0 Å². The first kappa shape index (κ1) is 23.6. The van der Waals surface area contributed by atoms with Gasteiger partial charge in [0.05, 0.1) is 18.1 Å². The molecule has 3 aliphatic rings. The fourth-order valence-electron chi connectivity index (χ4n) is 4.72. The third-order valence-electron chi connectivity index (χ3n) is 6.74. The van der Waals surface area contributed by atoms with Gasteiger partial charge in [0, 0.05) is 32.3 Å². The molecule has 0 aliphatic carbocycles. The molecular weight excluding hydrogens is 418 g/mol. The number of nitrogens with one attached hydrogen (secondary N) is 1. The van der Waals surface area contributed by atoms with E-state index in [4.69, 9.17) is 14.3 Å². The second-order valence-electron chi connectivity index (χ2n) is 9.61. The number of aryl methyl sites for hydroxylation is 1. The van der Waals surface area contributed by atoms with E-state index in [0.717, 1.165) is 87.6 Å². The van der Waals surface area contributed by atoms with E-state index in [2.05, 4.69) is 64.6 Å². The van der Waals surface area contributed by atoms with Crippen molar-refractivity contribution >= 4 is 5.71 Å². The minimum atomic E-state index is -0.354. The van der Waals surface area contributed by atoms with Crippen molar-refractivity contribution in [2.24, 2.45) is 4.99 Å². The second-order valence-corrected chi connectivity index (χ2v) is 9.61. The number of aliphatic imine (C=N–C) groups is 1. The molecule has 1 aromatic heterocycles. The number of ether oxygens (including phenoxy) is 1.